The van der Waals surface area contributed by atoms with Gasteiger partial charge in [-0.2, -0.15) is 0 Å². The lowest BCUT2D eigenvalue weighted by molar-refractivity contribution is 0.0765. The Morgan fingerprint density at radius 1 is 1.25 bits per heavy atom. The average molecular weight is 272 g/mol. The summed E-state index contributed by atoms with van der Waals surface area (Å²) in [4.78, 5) is 14.4. The van der Waals surface area contributed by atoms with Crippen molar-refractivity contribution in [2.75, 3.05) is 18.8 Å². The van der Waals surface area contributed by atoms with Gasteiger partial charge in [-0.1, -0.05) is 32.4 Å². The van der Waals surface area contributed by atoms with Crippen molar-refractivity contribution in [3.8, 4) is 0 Å². The molecule has 0 saturated carbocycles. The monoisotopic (exact) mass is 272 g/mol. The first kappa shape index (κ1) is 14.6. The standard InChI is InChI=1S/C17H24N2O/c1-12-9-13(11-15(18)10-12)16(20)19-7-5-14(6-8-19)17(2,3)4/h5,9-11H,6-8,18H2,1-4H3. The van der Waals surface area contributed by atoms with Crippen molar-refractivity contribution in [3.05, 3.63) is 41.0 Å². The first-order chi connectivity index (χ1) is 9.27. The Hall–Kier alpha value is -1.77. The molecule has 108 valence electrons. The van der Waals surface area contributed by atoms with E-state index in [1.54, 1.807) is 6.07 Å². The number of hydrogen-bond donors (Lipinski definition) is 1. The number of carbonyl (C=O) groups excluding carboxylic acids is 1. The second-order valence-electron chi connectivity index (χ2n) is 6.61. The molecule has 0 aromatic heterocycles. The zero-order valence-corrected chi connectivity index (χ0v) is 12.9. The van der Waals surface area contributed by atoms with E-state index in [0.717, 1.165) is 18.5 Å². The quantitative estimate of drug-likeness (QED) is 0.629. The van der Waals surface area contributed by atoms with E-state index in [0.29, 0.717) is 17.8 Å². The SMILES string of the molecule is Cc1cc(N)cc(C(=O)N2CC=C(C(C)(C)C)CC2)c1. The minimum Gasteiger partial charge on any atom is -0.399 e. The molecule has 20 heavy (non-hydrogen) atoms. The van der Waals surface area contributed by atoms with Crippen molar-refractivity contribution >= 4 is 11.6 Å². The third kappa shape index (κ3) is 3.21. The molecule has 0 unspecified atom stereocenters. The lowest BCUT2D eigenvalue weighted by atomic mass is 9.83. The Morgan fingerprint density at radius 3 is 2.45 bits per heavy atom. The Kier molecular flexibility index (Phi) is 3.89. The number of hydrogen-bond acceptors (Lipinski definition) is 2. The van der Waals surface area contributed by atoms with Crippen LogP contribution in [0.3, 0.4) is 0 Å². The molecular formula is C17H24N2O. The molecule has 1 aliphatic rings. The molecule has 1 aromatic rings. The first-order valence-corrected chi connectivity index (χ1v) is 7.13. The summed E-state index contributed by atoms with van der Waals surface area (Å²) in [6.45, 7) is 10.1. The van der Waals surface area contributed by atoms with E-state index in [1.165, 1.54) is 5.57 Å². The number of carbonyl (C=O) groups is 1. The number of nitrogens with two attached hydrogens (primary N) is 1. The second-order valence-corrected chi connectivity index (χ2v) is 6.61. The molecule has 2 rings (SSSR count). The summed E-state index contributed by atoms with van der Waals surface area (Å²) >= 11 is 0. The maximum atomic E-state index is 12.5. The van der Waals surface area contributed by atoms with Crippen LogP contribution in [-0.2, 0) is 0 Å². The number of anilines is 1. The summed E-state index contributed by atoms with van der Waals surface area (Å²) in [7, 11) is 0. The highest BCUT2D eigenvalue weighted by Crippen LogP contribution is 2.30. The van der Waals surface area contributed by atoms with Crippen LogP contribution in [0.4, 0.5) is 5.69 Å². The fourth-order valence-corrected chi connectivity index (χ4v) is 2.65. The molecule has 1 amide bonds. The normalized spacial score (nSPS) is 16.0. The lowest BCUT2D eigenvalue weighted by Crippen LogP contribution is -2.36. The maximum absolute atomic E-state index is 12.5. The fourth-order valence-electron chi connectivity index (χ4n) is 2.65. The minimum atomic E-state index is 0.0737. The van der Waals surface area contributed by atoms with Gasteiger partial charge in [0.05, 0.1) is 0 Å². The van der Waals surface area contributed by atoms with Crippen molar-refractivity contribution in [3.63, 3.8) is 0 Å². The van der Waals surface area contributed by atoms with Gasteiger partial charge in [0.25, 0.3) is 5.91 Å². The minimum absolute atomic E-state index is 0.0737. The van der Waals surface area contributed by atoms with Gasteiger partial charge < -0.3 is 10.6 Å². The number of amides is 1. The van der Waals surface area contributed by atoms with Gasteiger partial charge in [-0.15, -0.1) is 0 Å². The Labute approximate surface area is 121 Å². The van der Waals surface area contributed by atoms with Gasteiger partial charge in [-0.25, -0.2) is 0 Å². The van der Waals surface area contributed by atoms with Crippen molar-refractivity contribution in [2.24, 2.45) is 5.41 Å². The van der Waals surface area contributed by atoms with E-state index in [-0.39, 0.29) is 11.3 Å². The summed E-state index contributed by atoms with van der Waals surface area (Å²) in [5, 5.41) is 0. The smallest absolute Gasteiger partial charge is 0.254 e. The van der Waals surface area contributed by atoms with Crippen LogP contribution in [0.25, 0.3) is 0 Å². The maximum Gasteiger partial charge on any atom is 0.254 e. The highest BCUT2D eigenvalue weighted by atomic mass is 16.2. The highest BCUT2D eigenvalue weighted by Gasteiger charge is 2.24. The molecule has 0 spiro atoms. The van der Waals surface area contributed by atoms with Gasteiger partial charge in [0.15, 0.2) is 0 Å². The molecule has 0 fully saturated rings. The van der Waals surface area contributed by atoms with Gasteiger partial charge in [0, 0.05) is 24.3 Å². The van der Waals surface area contributed by atoms with Crippen molar-refractivity contribution in [1.82, 2.24) is 4.90 Å². The Bertz CT molecular complexity index is 532. The molecule has 0 atom stereocenters. The molecule has 0 bridgehead atoms. The van der Waals surface area contributed by atoms with Crippen molar-refractivity contribution in [1.29, 1.82) is 0 Å². The second kappa shape index (κ2) is 5.31. The topological polar surface area (TPSA) is 46.3 Å². The van der Waals surface area contributed by atoms with E-state index in [4.69, 9.17) is 5.73 Å². The van der Waals surface area contributed by atoms with E-state index in [2.05, 4.69) is 26.8 Å². The first-order valence-electron chi connectivity index (χ1n) is 7.13. The van der Waals surface area contributed by atoms with Crippen LogP contribution < -0.4 is 5.73 Å². The summed E-state index contributed by atoms with van der Waals surface area (Å²) in [5.74, 6) is 0.0737. The molecule has 3 heteroatoms. The zero-order valence-electron chi connectivity index (χ0n) is 12.9. The van der Waals surface area contributed by atoms with Crippen LogP contribution in [0.15, 0.2) is 29.8 Å². The van der Waals surface area contributed by atoms with Gasteiger partial charge in [-0.3, -0.25) is 4.79 Å². The highest BCUT2D eigenvalue weighted by molar-refractivity contribution is 5.95. The summed E-state index contributed by atoms with van der Waals surface area (Å²) in [5.41, 5.74) is 9.82. The van der Waals surface area contributed by atoms with Gasteiger partial charge in [0.2, 0.25) is 0 Å². The van der Waals surface area contributed by atoms with Gasteiger partial charge in [0.1, 0.15) is 0 Å². The Morgan fingerprint density at radius 2 is 1.95 bits per heavy atom. The lowest BCUT2D eigenvalue weighted by Gasteiger charge is -2.32. The molecule has 3 nitrogen and oxygen atoms in total. The van der Waals surface area contributed by atoms with Crippen LogP contribution in [0.1, 0.15) is 43.1 Å². The van der Waals surface area contributed by atoms with Crippen LogP contribution >= 0.6 is 0 Å². The summed E-state index contributed by atoms with van der Waals surface area (Å²) in [6, 6.07) is 5.55. The molecule has 0 aliphatic carbocycles. The number of rotatable bonds is 1. The van der Waals surface area contributed by atoms with Crippen LogP contribution in [0.2, 0.25) is 0 Å². The van der Waals surface area contributed by atoms with Crippen molar-refractivity contribution < 1.29 is 4.79 Å². The predicted molar refractivity (Wildman–Crippen MR) is 83.6 cm³/mol. The predicted octanol–water partition coefficient (Wildman–Crippen LogP) is 3.40. The van der Waals surface area contributed by atoms with Crippen LogP contribution in [-0.4, -0.2) is 23.9 Å². The summed E-state index contributed by atoms with van der Waals surface area (Å²) in [6.07, 6.45) is 3.15. The molecule has 2 N–H and O–H groups in total. The fraction of sp³-hybridized carbons (Fsp3) is 0.471. The van der Waals surface area contributed by atoms with E-state index in [1.807, 2.05) is 24.0 Å². The largest absolute Gasteiger partial charge is 0.399 e. The molecule has 1 heterocycles. The van der Waals surface area contributed by atoms with Gasteiger partial charge >= 0.3 is 0 Å². The molecular weight excluding hydrogens is 248 g/mol. The molecule has 0 saturated heterocycles. The molecule has 1 aromatic carbocycles. The number of nitrogens with zero attached hydrogens (tertiary/aromatic N) is 1. The number of benzene rings is 1. The van der Waals surface area contributed by atoms with Crippen LogP contribution in [0, 0.1) is 12.3 Å². The third-order valence-corrected chi connectivity index (χ3v) is 3.81. The Balaban J connectivity index is 2.14. The molecule has 1 aliphatic heterocycles. The van der Waals surface area contributed by atoms with Crippen LogP contribution in [0.5, 0.6) is 0 Å². The number of nitrogen functional groups attached to an aromatic ring is 1. The van der Waals surface area contributed by atoms with Gasteiger partial charge in [-0.05, 0) is 42.5 Å². The number of aryl methyl sites for hydroxylation is 1. The van der Waals surface area contributed by atoms with Crippen molar-refractivity contribution in [2.45, 2.75) is 34.1 Å². The van der Waals surface area contributed by atoms with E-state index >= 15 is 0 Å². The average Bonchev–Trinajstić information content (AvgIpc) is 2.36. The third-order valence-electron chi connectivity index (χ3n) is 3.81. The summed E-state index contributed by atoms with van der Waals surface area (Å²) < 4.78 is 0. The van der Waals surface area contributed by atoms with E-state index < -0.39 is 0 Å². The van der Waals surface area contributed by atoms with E-state index in [9.17, 15) is 4.79 Å². The molecule has 0 radical (unpaired) electrons. The zero-order chi connectivity index (χ0) is 14.9.